The largest absolute Gasteiger partial charge is 0.460 e. The summed E-state index contributed by atoms with van der Waals surface area (Å²) in [6, 6.07) is 7.76. The van der Waals surface area contributed by atoms with Crippen molar-refractivity contribution in [1.82, 2.24) is 5.32 Å². The van der Waals surface area contributed by atoms with Crippen molar-refractivity contribution in [3.63, 3.8) is 0 Å². The smallest absolute Gasteiger partial charge is 0.336 e. The highest BCUT2D eigenvalue weighted by molar-refractivity contribution is 9.10. The molecular formula is C21H24BrNO4. The topological polar surface area (TPSA) is 64.6 Å². The van der Waals surface area contributed by atoms with E-state index in [1.807, 2.05) is 38.1 Å². The summed E-state index contributed by atoms with van der Waals surface area (Å²) >= 11 is 3.50. The Balaban J connectivity index is 1.99. The van der Waals surface area contributed by atoms with Gasteiger partial charge in [0.1, 0.15) is 6.61 Å². The molecule has 27 heavy (non-hydrogen) atoms. The first-order valence-corrected chi connectivity index (χ1v) is 10.1. The Morgan fingerprint density at radius 2 is 2.11 bits per heavy atom. The van der Waals surface area contributed by atoms with Gasteiger partial charge in [0, 0.05) is 40.4 Å². The molecule has 2 aliphatic rings. The molecule has 1 aliphatic carbocycles. The van der Waals surface area contributed by atoms with Crippen molar-refractivity contribution in [3.8, 4) is 0 Å². The standard InChI is InChI=1S/C21H24BrNO4/c1-3-26-10-11-27-21(25)18-13(2)23-16-8-5-9-17(24)20(16)19(18)14-6-4-7-15(22)12-14/h4,6-7,12,19,23H,3,5,8-11H2,1-2H3/t19-/m0/s1. The van der Waals surface area contributed by atoms with Crippen molar-refractivity contribution >= 4 is 27.7 Å². The first-order valence-electron chi connectivity index (χ1n) is 9.27. The molecule has 1 heterocycles. The van der Waals surface area contributed by atoms with Gasteiger partial charge in [0.05, 0.1) is 12.2 Å². The lowest BCUT2D eigenvalue weighted by molar-refractivity contribution is -0.140. The molecule has 1 aromatic rings. The molecule has 0 radical (unpaired) electrons. The second-order valence-electron chi connectivity index (χ2n) is 6.65. The molecule has 5 nitrogen and oxygen atoms in total. The average molecular weight is 434 g/mol. The number of halogens is 1. The Kier molecular flexibility index (Phi) is 6.50. The van der Waals surface area contributed by atoms with Gasteiger partial charge in [0.25, 0.3) is 0 Å². The summed E-state index contributed by atoms with van der Waals surface area (Å²) in [6.07, 6.45) is 2.16. The third kappa shape index (κ3) is 4.33. The number of hydrogen-bond acceptors (Lipinski definition) is 5. The first kappa shape index (κ1) is 19.8. The van der Waals surface area contributed by atoms with E-state index in [4.69, 9.17) is 9.47 Å². The second-order valence-corrected chi connectivity index (χ2v) is 7.57. The van der Waals surface area contributed by atoms with Crippen LogP contribution >= 0.6 is 15.9 Å². The fourth-order valence-corrected chi connectivity index (χ4v) is 4.11. The molecule has 0 saturated carbocycles. The maximum Gasteiger partial charge on any atom is 0.336 e. The number of dihydropyridines is 1. The molecule has 3 rings (SSSR count). The van der Waals surface area contributed by atoms with Gasteiger partial charge in [0.15, 0.2) is 5.78 Å². The summed E-state index contributed by atoms with van der Waals surface area (Å²) < 4.78 is 11.6. The fourth-order valence-electron chi connectivity index (χ4n) is 3.69. The summed E-state index contributed by atoms with van der Waals surface area (Å²) in [5.41, 5.74) is 3.78. The highest BCUT2D eigenvalue weighted by Gasteiger charge is 2.39. The van der Waals surface area contributed by atoms with E-state index in [0.29, 0.717) is 30.8 Å². The SMILES string of the molecule is CCOCCOC(=O)C1=C(C)NC2=C(C(=O)CCC2)[C@H]1c1cccc(Br)c1. The van der Waals surface area contributed by atoms with Gasteiger partial charge >= 0.3 is 5.97 Å². The maximum absolute atomic E-state index is 12.9. The predicted octanol–water partition coefficient (Wildman–Crippen LogP) is 4.00. The molecule has 1 aliphatic heterocycles. The number of hydrogen-bond donors (Lipinski definition) is 1. The minimum Gasteiger partial charge on any atom is -0.460 e. The lowest BCUT2D eigenvalue weighted by Gasteiger charge is -2.34. The quantitative estimate of drug-likeness (QED) is 0.542. The van der Waals surface area contributed by atoms with Crippen LogP contribution in [0.5, 0.6) is 0 Å². The molecule has 0 saturated heterocycles. The van der Waals surface area contributed by atoms with Crippen LogP contribution in [0, 0.1) is 0 Å². The summed E-state index contributed by atoms with van der Waals surface area (Å²) in [4.78, 5) is 25.7. The number of carbonyl (C=O) groups is 2. The zero-order chi connectivity index (χ0) is 19.4. The number of rotatable bonds is 6. The number of ketones is 1. The van der Waals surface area contributed by atoms with Crippen LogP contribution in [-0.2, 0) is 19.1 Å². The lowest BCUT2D eigenvalue weighted by atomic mass is 9.75. The Morgan fingerprint density at radius 3 is 2.85 bits per heavy atom. The third-order valence-electron chi connectivity index (χ3n) is 4.84. The number of Topliss-reactive ketones (excluding diaryl/α,β-unsaturated/α-hetero) is 1. The van der Waals surface area contributed by atoms with Gasteiger partial charge in [-0.25, -0.2) is 4.79 Å². The van der Waals surface area contributed by atoms with Crippen molar-refractivity contribution in [2.75, 3.05) is 19.8 Å². The molecule has 0 aromatic heterocycles. The van der Waals surface area contributed by atoms with E-state index in [9.17, 15) is 9.59 Å². The maximum atomic E-state index is 12.9. The number of nitrogens with one attached hydrogen (secondary N) is 1. The van der Waals surface area contributed by atoms with Gasteiger partial charge in [-0.1, -0.05) is 28.1 Å². The summed E-state index contributed by atoms with van der Waals surface area (Å²) in [5, 5.41) is 3.29. The van der Waals surface area contributed by atoms with Gasteiger partial charge in [-0.05, 0) is 44.4 Å². The number of allylic oxidation sites excluding steroid dienone is 3. The van der Waals surface area contributed by atoms with Crippen molar-refractivity contribution in [2.24, 2.45) is 0 Å². The van der Waals surface area contributed by atoms with Crippen LogP contribution in [0.2, 0.25) is 0 Å². The number of benzene rings is 1. The van der Waals surface area contributed by atoms with Crippen molar-refractivity contribution < 1.29 is 19.1 Å². The Morgan fingerprint density at radius 1 is 1.30 bits per heavy atom. The molecule has 1 N–H and O–H groups in total. The van der Waals surface area contributed by atoms with Crippen molar-refractivity contribution in [3.05, 3.63) is 56.8 Å². The van der Waals surface area contributed by atoms with Crippen LogP contribution in [-0.4, -0.2) is 31.6 Å². The van der Waals surface area contributed by atoms with Crippen LogP contribution in [0.25, 0.3) is 0 Å². The number of carbonyl (C=O) groups excluding carboxylic acids is 2. The van der Waals surface area contributed by atoms with Crippen LogP contribution < -0.4 is 5.32 Å². The molecule has 144 valence electrons. The van der Waals surface area contributed by atoms with Crippen LogP contribution in [0.15, 0.2) is 51.3 Å². The Hall–Kier alpha value is -1.92. The number of esters is 1. The van der Waals surface area contributed by atoms with Gasteiger partial charge in [0.2, 0.25) is 0 Å². The van der Waals surface area contributed by atoms with E-state index in [1.54, 1.807) is 0 Å². The molecule has 6 heteroatoms. The monoisotopic (exact) mass is 433 g/mol. The van der Waals surface area contributed by atoms with E-state index in [2.05, 4.69) is 21.2 Å². The van der Waals surface area contributed by atoms with Crippen LogP contribution in [0.4, 0.5) is 0 Å². The molecule has 0 amide bonds. The minimum atomic E-state index is -0.411. The normalized spacial score (nSPS) is 19.7. The third-order valence-corrected chi connectivity index (χ3v) is 5.34. The van der Waals surface area contributed by atoms with Crippen LogP contribution in [0.3, 0.4) is 0 Å². The molecule has 0 bridgehead atoms. The molecule has 0 spiro atoms. The van der Waals surface area contributed by atoms with Crippen LogP contribution in [0.1, 0.15) is 44.6 Å². The summed E-state index contributed by atoms with van der Waals surface area (Å²) in [5.74, 6) is -0.721. The predicted molar refractivity (Wildman–Crippen MR) is 106 cm³/mol. The summed E-state index contributed by atoms with van der Waals surface area (Å²) in [6.45, 7) is 4.88. The van der Waals surface area contributed by atoms with E-state index in [-0.39, 0.29) is 12.4 Å². The van der Waals surface area contributed by atoms with E-state index < -0.39 is 11.9 Å². The van der Waals surface area contributed by atoms with Gasteiger partial charge < -0.3 is 14.8 Å². The van der Waals surface area contributed by atoms with E-state index in [1.165, 1.54) is 0 Å². The summed E-state index contributed by atoms with van der Waals surface area (Å²) in [7, 11) is 0. The average Bonchev–Trinajstić information content (AvgIpc) is 2.64. The first-order chi connectivity index (χ1) is 13.0. The molecular weight excluding hydrogens is 410 g/mol. The zero-order valence-electron chi connectivity index (χ0n) is 15.6. The van der Waals surface area contributed by atoms with Gasteiger partial charge in [-0.15, -0.1) is 0 Å². The second kappa shape index (κ2) is 8.85. The highest BCUT2D eigenvalue weighted by atomic mass is 79.9. The Bertz CT molecular complexity index is 812. The number of ether oxygens (including phenoxy) is 2. The molecule has 1 aromatic carbocycles. The van der Waals surface area contributed by atoms with Gasteiger partial charge in [-0.2, -0.15) is 0 Å². The molecule has 0 fully saturated rings. The van der Waals surface area contributed by atoms with Crippen molar-refractivity contribution in [2.45, 2.75) is 39.0 Å². The highest BCUT2D eigenvalue weighted by Crippen LogP contribution is 2.42. The Labute approximate surface area is 167 Å². The molecule has 0 unspecified atom stereocenters. The van der Waals surface area contributed by atoms with E-state index >= 15 is 0 Å². The lowest BCUT2D eigenvalue weighted by Crippen LogP contribution is -2.34. The zero-order valence-corrected chi connectivity index (χ0v) is 17.2. The fraction of sp³-hybridized carbons (Fsp3) is 0.429. The van der Waals surface area contributed by atoms with Gasteiger partial charge in [-0.3, -0.25) is 4.79 Å². The van der Waals surface area contributed by atoms with Crippen molar-refractivity contribution in [1.29, 1.82) is 0 Å². The minimum absolute atomic E-state index is 0.0980. The molecule has 1 atom stereocenters. The van der Waals surface area contributed by atoms with E-state index in [0.717, 1.165) is 34.3 Å².